The molecule has 0 heterocycles. The van der Waals surface area contributed by atoms with Crippen molar-refractivity contribution in [3.63, 3.8) is 0 Å². The maximum atomic E-state index is 12.3. The van der Waals surface area contributed by atoms with E-state index in [4.69, 9.17) is 5.11 Å². The smallest absolute Gasteiger partial charge is 0.326 e. The summed E-state index contributed by atoms with van der Waals surface area (Å²) >= 11 is 0. The van der Waals surface area contributed by atoms with E-state index in [1.54, 1.807) is 4.90 Å². The maximum Gasteiger partial charge on any atom is 0.326 e. The van der Waals surface area contributed by atoms with Crippen LogP contribution in [0.4, 0.5) is 10.5 Å². The van der Waals surface area contributed by atoms with Crippen molar-refractivity contribution >= 4 is 17.7 Å². The molecule has 0 radical (unpaired) electrons. The van der Waals surface area contributed by atoms with Gasteiger partial charge in [0.25, 0.3) is 0 Å². The van der Waals surface area contributed by atoms with E-state index >= 15 is 0 Å². The van der Waals surface area contributed by atoms with Gasteiger partial charge in [0, 0.05) is 12.2 Å². The molecule has 1 aromatic rings. The number of nitrogens with one attached hydrogen (secondary N) is 1. The van der Waals surface area contributed by atoms with Crippen LogP contribution in [0.3, 0.4) is 0 Å². The van der Waals surface area contributed by atoms with Crippen LogP contribution < -0.4 is 10.2 Å². The van der Waals surface area contributed by atoms with Gasteiger partial charge in [0.1, 0.15) is 6.04 Å². The van der Waals surface area contributed by atoms with Gasteiger partial charge >= 0.3 is 12.0 Å². The summed E-state index contributed by atoms with van der Waals surface area (Å²) in [5.41, 5.74) is 1.78. The van der Waals surface area contributed by atoms with Crippen LogP contribution in [0.2, 0.25) is 0 Å². The van der Waals surface area contributed by atoms with Crippen LogP contribution in [0, 0.1) is 6.92 Å². The number of carbonyl (C=O) groups is 2. The molecule has 0 aliphatic heterocycles. The zero-order chi connectivity index (χ0) is 15.1. The first kappa shape index (κ1) is 16.0. The number of hydrogen-bond acceptors (Lipinski definition) is 2. The normalized spacial score (nSPS) is 11.8. The minimum atomic E-state index is -0.999. The molecule has 5 heteroatoms. The zero-order valence-electron chi connectivity index (χ0n) is 12.2. The van der Waals surface area contributed by atoms with E-state index < -0.39 is 12.0 Å². The predicted octanol–water partition coefficient (Wildman–Crippen LogP) is 2.78. The average molecular weight is 278 g/mol. The monoisotopic (exact) mass is 278 g/mol. The SMILES string of the molecule is CCC[C@H](NC(=O)N(CC)c1ccccc1C)C(=O)O. The van der Waals surface area contributed by atoms with E-state index in [0.717, 1.165) is 11.3 Å². The van der Waals surface area contributed by atoms with Gasteiger partial charge in [0.2, 0.25) is 0 Å². The molecular formula is C15H22N2O3. The minimum Gasteiger partial charge on any atom is -0.480 e. The number of para-hydroxylation sites is 1. The van der Waals surface area contributed by atoms with Crippen molar-refractivity contribution in [3.8, 4) is 0 Å². The highest BCUT2D eigenvalue weighted by atomic mass is 16.4. The first-order chi connectivity index (χ1) is 9.51. The van der Waals surface area contributed by atoms with Gasteiger partial charge in [-0.25, -0.2) is 9.59 Å². The number of rotatable bonds is 6. The Labute approximate surface area is 119 Å². The second kappa shape index (κ2) is 7.53. The third kappa shape index (κ3) is 3.98. The van der Waals surface area contributed by atoms with Crippen molar-refractivity contribution in [3.05, 3.63) is 29.8 Å². The molecule has 1 aromatic carbocycles. The molecule has 0 bridgehead atoms. The molecule has 0 saturated carbocycles. The van der Waals surface area contributed by atoms with E-state index in [-0.39, 0.29) is 6.03 Å². The Kier molecular flexibility index (Phi) is 6.03. The van der Waals surface area contributed by atoms with E-state index in [1.165, 1.54) is 0 Å². The number of nitrogens with zero attached hydrogens (tertiary/aromatic N) is 1. The van der Waals surface area contributed by atoms with E-state index in [2.05, 4.69) is 5.32 Å². The van der Waals surface area contributed by atoms with Crippen LogP contribution in [0.1, 0.15) is 32.3 Å². The topological polar surface area (TPSA) is 69.6 Å². The quantitative estimate of drug-likeness (QED) is 0.840. The highest BCUT2D eigenvalue weighted by Gasteiger charge is 2.23. The summed E-state index contributed by atoms with van der Waals surface area (Å²) in [5.74, 6) is -0.999. The number of carboxylic acid groups (broad SMARTS) is 1. The molecule has 0 aliphatic carbocycles. The number of amides is 2. The number of anilines is 1. The van der Waals surface area contributed by atoms with Crippen molar-refractivity contribution in [1.29, 1.82) is 0 Å². The van der Waals surface area contributed by atoms with Crippen molar-refractivity contribution < 1.29 is 14.7 Å². The standard InChI is InChI=1S/C15H22N2O3/c1-4-8-12(14(18)19)16-15(20)17(5-2)13-10-7-6-9-11(13)3/h6-7,9-10,12H,4-5,8H2,1-3H3,(H,16,20)(H,18,19)/t12-/m0/s1. The highest BCUT2D eigenvalue weighted by Crippen LogP contribution is 2.19. The number of carbonyl (C=O) groups excluding carboxylic acids is 1. The number of urea groups is 1. The second-order valence-electron chi connectivity index (χ2n) is 4.66. The van der Waals surface area contributed by atoms with Crippen LogP contribution in [0.15, 0.2) is 24.3 Å². The number of aryl methyl sites for hydroxylation is 1. The van der Waals surface area contributed by atoms with E-state index in [9.17, 15) is 9.59 Å². The van der Waals surface area contributed by atoms with Crippen LogP contribution in [-0.4, -0.2) is 29.7 Å². The fraction of sp³-hybridized carbons (Fsp3) is 0.467. The third-order valence-electron chi connectivity index (χ3n) is 3.14. The maximum absolute atomic E-state index is 12.3. The molecule has 20 heavy (non-hydrogen) atoms. The average Bonchev–Trinajstić information content (AvgIpc) is 2.41. The van der Waals surface area contributed by atoms with Gasteiger partial charge in [-0.3, -0.25) is 4.90 Å². The summed E-state index contributed by atoms with van der Waals surface area (Å²) in [5, 5.41) is 11.7. The number of benzene rings is 1. The molecule has 1 rings (SSSR count). The van der Waals surface area contributed by atoms with Crippen LogP contribution >= 0.6 is 0 Å². The van der Waals surface area contributed by atoms with Gasteiger partial charge in [0.05, 0.1) is 0 Å². The Morgan fingerprint density at radius 2 is 1.95 bits per heavy atom. The molecular weight excluding hydrogens is 256 g/mol. The summed E-state index contributed by atoms with van der Waals surface area (Å²) in [6.07, 6.45) is 1.13. The molecule has 0 spiro atoms. The zero-order valence-corrected chi connectivity index (χ0v) is 12.2. The number of aliphatic carboxylic acids is 1. The molecule has 0 saturated heterocycles. The van der Waals surface area contributed by atoms with Gasteiger partial charge < -0.3 is 10.4 Å². The molecule has 0 fully saturated rings. The van der Waals surface area contributed by atoms with Crippen LogP contribution in [-0.2, 0) is 4.79 Å². The van der Waals surface area contributed by atoms with Crippen LogP contribution in [0.25, 0.3) is 0 Å². The van der Waals surface area contributed by atoms with Gasteiger partial charge in [-0.05, 0) is 31.9 Å². The molecule has 2 amide bonds. The van der Waals surface area contributed by atoms with Gasteiger partial charge in [-0.15, -0.1) is 0 Å². The summed E-state index contributed by atoms with van der Waals surface area (Å²) in [6.45, 7) is 6.16. The molecule has 1 atom stereocenters. The lowest BCUT2D eigenvalue weighted by Gasteiger charge is -2.25. The van der Waals surface area contributed by atoms with Crippen molar-refractivity contribution in [1.82, 2.24) is 5.32 Å². The predicted molar refractivity (Wildman–Crippen MR) is 79.1 cm³/mol. The van der Waals surface area contributed by atoms with Crippen LogP contribution in [0.5, 0.6) is 0 Å². The molecule has 0 aromatic heterocycles. The highest BCUT2D eigenvalue weighted by molar-refractivity contribution is 5.95. The minimum absolute atomic E-state index is 0.373. The lowest BCUT2D eigenvalue weighted by atomic mass is 10.1. The molecule has 0 unspecified atom stereocenters. The molecule has 110 valence electrons. The Bertz CT molecular complexity index is 474. The number of carboxylic acids is 1. The van der Waals surface area contributed by atoms with Gasteiger partial charge in [-0.2, -0.15) is 0 Å². The number of hydrogen-bond donors (Lipinski definition) is 2. The fourth-order valence-electron chi connectivity index (χ4n) is 2.06. The third-order valence-corrected chi connectivity index (χ3v) is 3.14. The largest absolute Gasteiger partial charge is 0.480 e. The van der Waals surface area contributed by atoms with Gasteiger partial charge in [0.15, 0.2) is 0 Å². The molecule has 2 N–H and O–H groups in total. The van der Waals surface area contributed by atoms with E-state index in [0.29, 0.717) is 19.4 Å². The van der Waals surface area contributed by atoms with Gasteiger partial charge in [-0.1, -0.05) is 31.5 Å². The van der Waals surface area contributed by atoms with Crippen molar-refractivity contribution in [2.45, 2.75) is 39.7 Å². The van der Waals surface area contributed by atoms with Crippen molar-refractivity contribution in [2.24, 2.45) is 0 Å². The van der Waals surface area contributed by atoms with E-state index in [1.807, 2.05) is 45.0 Å². The molecule has 0 aliphatic rings. The summed E-state index contributed by atoms with van der Waals surface area (Å²) in [6, 6.07) is 6.33. The Hall–Kier alpha value is -2.04. The second-order valence-corrected chi connectivity index (χ2v) is 4.66. The first-order valence-electron chi connectivity index (χ1n) is 6.87. The Balaban J connectivity index is 2.87. The summed E-state index contributed by atoms with van der Waals surface area (Å²) in [7, 11) is 0. The summed E-state index contributed by atoms with van der Waals surface area (Å²) in [4.78, 5) is 24.9. The summed E-state index contributed by atoms with van der Waals surface area (Å²) < 4.78 is 0. The fourth-order valence-corrected chi connectivity index (χ4v) is 2.06. The van der Waals surface area contributed by atoms with Crippen molar-refractivity contribution in [2.75, 3.05) is 11.4 Å². The molecule has 5 nitrogen and oxygen atoms in total. The Morgan fingerprint density at radius 1 is 1.30 bits per heavy atom. The lowest BCUT2D eigenvalue weighted by molar-refractivity contribution is -0.139. The Morgan fingerprint density at radius 3 is 2.45 bits per heavy atom. The first-order valence-corrected chi connectivity index (χ1v) is 6.87. The lowest BCUT2D eigenvalue weighted by Crippen LogP contribution is -2.48.